The fourth-order valence-corrected chi connectivity index (χ4v) is 3.42. The standard InChI is InChI=1S/C23H21N5O2/c1-14-21-19(23(30)25-18-11-9-17(10-12-18)24-15(2)29)13-20(16-7-5-4-6-8-16)26-22(21)28(3)27-14/h4-13H,1-3H3,(H,24,29)(H,25,30). The molecule has 4 aromatic rings. The second-order valence-electron chi connectivity index (χ2n) is 7.04. The molecular weight excluding hydrogens is 378 g/mol. The molecule has 0 saturated heterocycles. The Labute approximate surface area is 173 Å². The van der Waals surface area contributed by atoms with Crippen molar-refractivity contribution in [1.82, 2.24) is 14.8 Å². The van der Waals surface area contributed by atoms with Crippen molar-refractivity contribution in [3.63, 3.8) is 0 Å². The van der Waals surface area contributed by atoms with Crippen LogP contribution >= 0.6 is 0 Å². The highest BCUT2D eigenvalue weighted by atomic mass is 16.2. The third kappa shape index (κ3) is 3.77. The van der Waals surface area contributed by atoms with Gasteiger partial charge in [-0.3, -0.25) is 14.3 Å². The van der Waals surface area contributed by atoms with Gasteiger partial charge in [-0.2, -0.15) is 5.10 Å². The topological polar surface area (TPSA) is 88.9 Å². The van der Waals surface area contributed by atoms with E-state index in [0.29, 0.717) is 28.3 Å². The summed E-state index contributed by atoms with van der Waals surface area (Å²) in [6.45, 7) is 3.32. The Kier molecular flexibility index (Phi) is 5.02. The van der Waals surface area contributed by atoms with Gasteiger partial charge in [-0.1, -0.05) is 30.3 Å². The number of hydrogen-bond donors (Lipinski definition) is 2. The van der Waals surface area contributed by atoms with Gasteiger partial charge in [0.25, 0.3) is 5.91 Å². The van der Waals surface area contributed by atoms with E-state index in [-0.39, 0.29) is 11.8 Å². The van der Waals surface area contributed by atoms with E-state index in [4.69, 9.17) is 4.98 Å². The summed E-state index contributed by atoms with van der Waals surface area (Å²) in [7, 11) is 1.82. The number of fused-ring (bicyclic) bond motifs is 1. The van der Waals surface area contributed by atoms with E-state index in [1.807, 2.05) is 44.3 Å². The summed E-state index contributed by atoms with van der Waals surface area (Å²) >= 11 is 0. The van der Waals surface area contributed by atoms with Crippen LogP contribution in [-0.2, 0) is 11.8 Å². The maximum Gasteiger partial charge on any atom is 0.256 e. The zero-order chi connectivity index (χ0) is 21.3. The minimum atomic E-state index is -0.247. The van der Waals surface area contributed by atoms with Crippen molar-refractivity contribution in [2.45, 2.75) is 13.8 Å². The Bertz CT molecular complexity index is 1240. The molecule has 0 fully saturated rings. The van der Waals surface area contributed by atoms with Crippen LogP contribution in [0.15, 0.2) is 60.7 Å². The van der Waals surface area contributed by atoms with E-state index in [1.165, 1.54) is 6.92 Å². The Hall–Kier alpha value is -4.00. The quantitative estimate of drug-likeness (QED) is 0.539. The van der Waals surface area contributed by atoms with Crippen LogP contribution < -0.4 is 10.6 Å². The predicted octanol–water partition coefficient (Wildman–Crippen LogP) is 4.15. The third-order valence-corrected chi connectivity index (χ3v) is 4.75. The molecule has 0 unspecified atom stereocenters. The molecule has 0 radical (unpaired) electrons. The maximum absolute atomic E-state index is 13.2. The number of anilines is 2. The molecule has 0 bridgehead atoms. The molecule has 2 aromatic heterocycles. The molecule has 0 saturated carbocycles. The summed E-state index contributed by atoms with van der Waals surface area (Å²) in [6.07, 6.45) is 0. The average molecular weight is 399 g/mol. The Balaban J connectivity index is 1.73. The highest BCUT2D eigenvalue weighted by molar-refractivity contribution is 6.13. The smallest absolute Gasteiger partial charge is 0.256 e. The molecule has 30 heavy (non-hydrogen) atoms. The molecule has 2 N–H and O–H groups in total. The van der Waals surface area contributed by atoms with E-state index in [2.05, 4.69) is 15.7 Å². The Morgan fingerprint density at radius 2 is 1.57 bits per heavy atom. The van der Waals surface area contributed by atoms with Crippen LogP contribution in [0.25, 0.3) is 22.3 Å². The zero-order valence-electron chi connectivity index (χ0n) is 16.9. The van der Waals surface area contributed by atoms with Gasteiger partial charge in [-0.05, 0) is 37.3 Å². The predicted molar refractivity (Wildman–Crippen MR) is 117 cm³/mol. The van der Waals surface area contributed by atoms with E-state index >= 15 is 0 Å². The first-order chi connectivity index (χ1) is 14.4. The fourth-order valence-electron chi connectivity index (χ4n) is 3.42. The number of carbonyl (C=O) groups excluding carboxylic acids is 2. The maximum atomic E-state index is 13.2. The van der Waals surface area contributed by atoms with Crippen LogP contribution in [-0.4, -0.2) is 26.6 Å². The lowest BCUT2D eigenvalue weighted by molar-refractivity contribution is -0.114. The van der Waals surface area contributed by atoms with Gasteiger partial charge >= 0.3 is 0 Å². The molecular formula is C23H21N5O2. The molecule has 0 spiro atoms. The number of benzene rings is 2. The second kappa shape index (κ2) is 7.79. The first kappa shape index (κ1) is 19.3. The fraction of sp³-hybridized carbons (Fsp3) is 0.130. The van der Waals surface area contributed by atoms with Crippen molar-refractivity contribution in [3.05, 3.63) is 71.9 Å². The van der Waals surface area contributed by atoms with Gasteiger partial charge in [0.2, 0.25) is 5.91 Å². The average Bonchev–Trinajstić information content (AvgIpc) is 3.03. The van der Waals surface area contributed by atoms with Gasteiger partial charge in [0.15, 0.2) is 5.65 Å². The lowest BCUT2D eigenvalue weighted by Crippen LogP contribution is -2.13. The van der Waals surface area contributed by atoms with E-state index in [0.717, 1.165) is 16.6 Å². The highest BCUT2D eigenvalue weighted by Gasteiger charge is 2.19. The molecule has 2 amide bonds. The van der Waals surface area contributed by atoms with Crippen LogP contribution in [0.2, 0.25) is 0 Å². The van der Waals surface area contributed by atoms with E-state index in [9.17, 15) is 9.59 Å². The largest absolute Gasteiger partial charge is 0.326 e. The van der Waals surface area contributed by atoms with Crippen LogP contribution in [0.4, 0.5) is 11.4 Å². The SMILES string of the molecule is CC(=O)Nc1ccc(NC(=O)c2cc(-c3ccccc3)nc3c2c(C)nn3C)cc1. The minimum absolute atomic E-state index is 0.147. The van der Waals surface area contributed by atoms with Crippen LogP contribution in [0.1, 0.15) is 23.0 Å². The Morgan fingerprint density at radius 3 is 2.20 bits per heavy atom. The summed E-state index contributed by atoms with van der Waals surface area (Å²) in [4.78, 5) is 29.1. The molecule has 0 aliphatic rings. The number of amides is 2. The number of nitrogens with zero attached hydrogens (tertiary/aromatic N) is 3. The third-order valence-electron chi connectivity index (χ3n) is 4.75. The highest BCUT2D eigenvalue weighted by Crippen LogP contribution is 2.27. The summed E-state index contributed by atoms with van der Waals surface area (Å²) in [5, 5.41) is 10.8. The number of carbonyl (C=O) groups is 2. The zero-order valence-corrected chi connectivity index (χ0v) is 16.9. The minimum Gasteiger partial charge on any atom is -0.326 e. The molecule has 4 rings (SSSR count). The van der Waals surface area contributed by atoms with Gasteiger partial charge < -0.3 is 10.6 Å². The van der Waals surface area contributed by atoms with Crippen LogP contribution in [0.3, 0.4) is 0 Å². The number of pyridine rings is 1. The lowest BCUT2D eigenvalue weighted by atomic mass is 10.0. The van der Waals surface area contributed by atoms with Crippen molar-refractivity contribution in [3.8, 4) is 11.3 Å². The van der Waals surface area contributed by atoms with Crippen molar-refractivity contribution in [2.24, 2.45) is 7.05 Å². The van der Waals surface area contributed by atoms with Gasteiger partial charge in [-0.15, -0.1) is 0 Å². The summed E-state index contributed by atoms with van der Waals surface area (Å²) in [6, 6.07) is 18.5. The first-order valence-corrected chi connectivity index (χ1v) is 9.51. The Morgan fingerprint density at radius 1 is 0.933 bits per heavy atom. The molecule has 2 heterocycles. The van der Waals surface area contributed by atoms with Gasteiger partial charge in [0.1, 0.15) is 0 Å². The lowest BCUT2D eigenvalue weighted by Gasteiger charge is -2.10. The summed E-state index contributed by atoms with van der Waals surface area (Å²) in [5.74, 6) is -0.394. The van der Waals surface area contributed by atoms with Crippen molar-refractivity contribution < 1.29 is 9.59 Å². The second-order valence-corrected chi connectivity index (χ2v) is 7.04. The molecule has 0 atom stereocenters. The molecule has 0 aliphatic carbocycles. The number of rotatable bonds is 4. The monoisotopic (exact) mass is 399 g/mol. The molecule has 7 heteroatoms. The normalized spacial score (nSPS) is 10.8. The van der Waals surface area contributed by atoms with E-state index < -0.39 is 0 Å². The molecule has 2 aromatic carbocycles. The molecule has 0 aliphatic heterocycles. The molecule has 150 valence electrons. The van der Waals surface area contributed by atoms with Crippen molar-refractivity contribution >= 4 is 34.2 Å². The number of aryl methyl sites for hydroxylation is 2. The van der Waals surface area contributed by atoms with Gasteiger partial charge in [0, 0.05) is 30.9 Å². The number of aromatic nitrogens is 3. The number of hydrogen-bond acceptors (Lipinski definition) is 4. The first-order valence-electron chi connectivity index (χ1n) is 9.51. The summed E-state index contributed by atoms with van der Waals surface area (Å²) < 4.78 is 1.69. The van der Waals surface area contributed by atoms with Crippen LogP contribution in [0, 0.1) is 6.92 Å². The van der Waals surface area contributed by atoms with Crippen molar-refractivity contribution in [1.29, 1.82) is 0 Å². The van der Waals surface area contributed by atoms with Crippen molar-refractivity contribution in [2.75, 3.05) is 10.6 Å². The summed E-state index contributed by atoms with van der Waals surface area (Å²) in [5.41, 5.74) is 4.83. The van der Waals surface area contributed by atoms with E-state index in [1.54, 1.807) is 35.0 Å². The van der Waals surface area contributed by atoms with Crippen LogP contribution in [0.5, 0.6) is 0 Å². The van der Waals surface area contributed by atoms with Gasteiger partial charge in [-0.25, -0.2) is 4.98 Å². The number of nitrogens with one attached hydrogen (secondary N) is 2. The molecule has 7 nitrogen and oxygen atoms in total. The van der Waals surface area contributed by atoms with Gasteiger partial charge in [0.05, 0.1) is 22.3 Å².